The highest BCUT2D eigenvalue weighted by atomic mass is 16.1. The molecule has 0 fully saturated rings. The van der Waals surface area contributed by atoms with Gasteiger partial charge in [-0.25, -0.2) is 4.98 Å². The maximum atomic E-state index is 10.6. The topological polar surface area (TPSA) is 30.0 Å². The summed E-state index contributed by atoms with van der Waals surface area (Å²) in [5.74, 6) is 0. The van der Waals surface area contributed by atoms with Crippen molar-refractivity contribution in [2.75, 3.05) is 0 Å². The van der Waals surface area contributed by atoms with E-state index in [4.69, 9.17) is 0 Å². The fraction of sp³-hybridized carbons (Fsp3) is 0.0909. The summed E-state index contributed by atoms with van der Waals surface area (Å²) in [4.78, 5) is 14.8. The molecule has 0 amide bonds. The summed E-state index contributed by atoms with van der Waals surface area (Å²) >= 11 is 0. The van der Waals surface area contributed by atoms with Gasteiger partial charge in [-0.05, 0) is 18.6 Å². The van der Waals surface area contributed by atoms with Crippen LogP contribution in [0.4, 0.5) is 0 Å². The van der Waals surface area contributed by atoms with Gasteiger partial charge in [0.25, 0.3) is 0 Å². The molecule has 0 aromatic carbocycles. The molecule has 0 bridgehead atoms. The van der Waals surface area contributed by atoms with E-state index < -0.39 is 0 Å². The van der Waals surface area contributed by atoms with Crippen molar-refractivity contribution in [2.45, 2.75) is 6.92 Å². The van der Waals surface area contributed by atoms with Crippen molar-refractivity contribution in [1.29, 1.82) is 0 Å². The molecule has 2 aliphatic rings. The highest BCUT2D eigenvalue weighted by molar-refractivity contribution is 5.82. The van der Waals surface area contributed by atoms with Crippen molar-refractivity contribution in [3.63, 3.8) is 0 Å². The van der Waals surface area contributed by atoms with Gasteiger partial charge in [-0.15, -0.1) is 0 Å². The number of aromatic nitrogens is 1. The lowest BCUT2D eigenvalue weighted by molar-refractivity contribution is 0.111. The molecule has 0 aromatic rings. The first-order valence-corrected chi connectivity index (χ1v) is 4.13. The maximum absolute atomic E-state index is 10.6. The first-order chi connectivity index (χ1) is 6.33. The molecule has 64 valence electrons. The number of nitrogens with zero attached hydrogens (tertiary/aromatic N) is 1. The van der Waals surface area contributed by atoms with E-state index in [1.54, 1.807) is 0 Å². The molecule has 0 spiro atoms. The van der Waals surface area contributed by atoms with E-state index >= 15 is 0 Å². The van der Waals surface area contributed by atoms with Crippen LogP contribution in [0.1, 0.15) is 16.1 Å². The molecule has 2 heteroatoms. The van der Waals surface area contributed by atoms with Gasteiger partial charge < -0.3 is 0 Å². The number of carbonyl (C=O) groups is 1. The Labute approximate surface area is 76.6 Å². The number of rotatable bonds is 1. The molecule has 0 N–H and O–H groups in total. The highest BCUT2D eigenvalue weighted by Gasteiger charge is 2.11. The molecule has 13 heavy (non-hydrogen) atoms. The van der Waals surface area contributed by atoms with E-state index in [1.807, 2.05) is 37.3 Å². The van der Waals surface area contributed by atoms with Crippen molar-refractivity contribution in [1.82, 2.24) is 4.98 Å². The average molecular weight is 171 g/mol. The van der Waals surface area contributed by atoms with Gasteiger partial charge in [0.05, 0.1) is 5.69 Å². The van der Waals surface area contributed by atoms with Crippen molar-refractivity contribution >= 4 is 6.29 Å². The SMILES string of the molecule is Cc1c2cccccc-2nc1C=O. The molecular formula is C11H9NO. The van der Waals surface area contributed by atoms with Crippen LogP contribution in [0.3, 0.4) is 0 Å². The predicted octanol–water partition coefficient (Wildman–Crippen LogP) is 2.31. The van der Waals surface area contributed by atoms with Gasteiger partial charge in [0.2, 0.25) is 0 Å². The molecule has 1 aliphatic carbocycles. The van der Waals surface area contributed by atoms with Crippen LogP contribution in [0.5, 0.6) is 0 Å². The first-order valence-electron chi connectivity index (χ1n) is 4.13. The van der Waals surface area contributed by atoms with E-state index in [9.17, 15) is 4.79 Å². The van der Waals surface area contributed by atoms with Gasteiger partial charge in [0.15, 0.2) is 6.29 Å². The normalized spacial score (nSPS) is 10.2. The third-order valence-electron chi connectivity index (χ3n) is 2.16. The molecular weight excluding hydrogens is 162 g/mol. The fourth-order valence-electron chi connectivity index (χ4n) is 1.42. The molecule has 2 nitrogen and oxygen atoms in total. The third-order valence-corrected chi connectivity index (χ3v) is 2.16. The van der Waals surface area contributed by atoms with Crippen molar-refractivity contribution in [2.24, 2.45) is 0 Å². The average Bonchev–Trinajstić information content (AvgIpc) is 2.37. The zero-order valence-electron chi connectivity index (χ0n) is 7.32. The second-order valence-electron chi connectivity index (χ2n) is 2.95. The van der Waals surface area contributed by atoms with Crippen molar-refractivity contribution < 1.29 is 4.79 Å². The minimum Gasteiger partial charge on any atom is -0.296 e. The zero-order valence-corrected chi connectivity index (χ0v) is 7.32. The summed E-state index contributed by atoms with van der Waals surface area (Å²) in [6.07, 6.45) is 0.801. The number of aldehydes is 1. The van der Waals surface area contributed by atoms with Gasteiger partial charge in [0.1, 0.15) is 5.69 Å². The maximum Gasteiger partial charge on any atom is 0.168 e. The molecule has 0 aromatic heterocycles. The standard InChI is InChI=1S/C11H9NO/c1-8-9-5-3-2-4-6-10(9)12-11(8)7-13/h2-7H,1H3. The summed E-state index contributed by atoms with van der Waals surface area (Å²) in [7, 11) is 0. The molecule has 0 atom stereocenters. The Bertz CT molecular complexity index is 423. The molecule has 0 saturated carbocycles. The van der Waals surface area contributed by atoms with E-state index in [1.165, 1.54) is 0 Å². The van der Waals surface area contributed by atoms with E-state index in [2.05, 4.69) is 4.98 Å². The number of hydrogen-bond acceptors (Lipinski definition) is 2. The van der Waals surface area contributed by atoms with Gasteiger partial charge in [0, 0.05) is 5.56 Å². The number of carbonyl (C=O) groups excluding carboxylic acids is 1. The minimum atomic E-state index is 0.543. The first kappa shape index (κ1) is 7.92. The zero-order chi connectivity index (χ0) is 9.26. The molecule has 2 rings (SSSR count). The third kappa shape index (κ3) is 1.20. The van der Waals surface area contributed by atoms with Gasteiger partial charge in [-0.1, -0.05) is 24.3 Å². The molecule has 0 saturated heterocycles. The van der Waals surface area contributed by atoms with Crippen LogP contribution in [0.2, 0.25) is 0 Å². The fourth-order valence-corrected chi connectivity index (χ4v) is 1.42. The van der Waals surface area contributed by atoms with Gasteiger partial charge in [-0.3, -0.25) is 4.79 Å². The number of fused-ring (bicyclic) bond motifs is 1. The smallest absolute Gasteiger partial charge is 0.168 e. The highest BCUT2D eigenvalue weighted by Crippen LogP contribution is 2.25. The second kappa shape index (κ2) is 2.98. The molecule has 1 heterocycles. The lowest BCUT2D eigenvalue weighted by atomic mass is 10.1. The Morgan fingerprint density at radius 3 is 2.77 bits per heavy atom. The Balaban J connectivity index is 2.77. The van der Waals surface area contributed by atoms with E-state index in [0.29, 0.717) is 5.69 Å². The molecule has 0 unspecified atom stereocenters. The van der Waals surface area contributed by atoms with E-state index in [0.717, 1.165) is 23.1 Å². The second-order valence-corrected chi connectivity index (χ2v) is 2.95. The molecule has 1 aliphatic heterocycles. The lowest BCUT2D eigenvalue weighted by Crippen LogP contribution is -1.79. The van der Waals surface area contributed by atoms with Crippen LogP contribution < -0.4 is 0 Å². The Morgan fingerprint density at radius 2 is 2.00 bits per heavy atom. The quantitative estimate of drug-likeness (QED) is 0.616. The van der Waals surface area contributed by atoms with Crippen LogP contribution in [0.15, 0.2) is 30.3 Å². The minimum absolute atomic E-state index is 0.543. The summed E-state index contributed by atoms with van der Waals surface area (Å²) < 4.78 is 0. The van der Waals surface area contributed by atoms with Crippen LogP contribution in [0, 0.1) is 6.92 Å². The van der Waals surface area contributed by atoms with Crippen LogP contribution >= 0.6 is 0 Å². The lowest BCUT2D eigenvalue weighted by Gasteiger charge is -1.89. The number of hydrogen-bond donors (Lipinski definition) is 0. The monoisotopic (exact) mass is 171 g/mol. The van der Waals surface area contributed by atoms with Crippen LogP contribution in [0.25, 0.3) is 11.3 Å². The summed E-state index contributed by atoms with van der Waals surface area (Å²) in [5.41, 5.74) is 3.43. The Kier molecular flexibility index (Phi) is 1.81. The Hall–Kier alpha value is -1.70. The Morgan fingerprint density at radius 1 is 1.23 bits per heavy atom. The summed E-state index contributed by atoms with van der Waals surface area (Å²) in [5, 5.41) is 0. The summed E-state index contributed by atoms with van der Waals surface area (Å²) in [6.45, 7) is 1.92. The predicted molar refractivity (Wildman–Crippen MR) is 51.0 cm³/mol. The van der Waals surface area contributed by atoms with Crippen molar-refractivity contribution in [3.8, 4) is 11.3 Å². The summed E-state index contributed by atoms with van der Waals surface area (Å²) in [6, 6.07) is 9.71. The van der Waals surface area contributed by atoms with E-state index in [-0.39, 0.29) is 0 Å². The van der Waals surface area contributed by atoms with Gasteiger partial charge in [-0.2, -0.15) is 0 Å². The van der Waals surface area contributed by atoms with Crippen LogP contribution in [-0.2, 0) is 0 Å². The van der Waals surface area contributed by atoms with Crippen molar-refractivity contribution in [3.05, 3.63) is 41.6 Å². The van der Waals surface area contributed by atoms with Crippen LogP contribution in [-0.4, -0.2) is 11.3 Å². The largest absolute Gasteiger partial charge is 0.296 e. The molecule has 0 radical (unpaired) electrons. The van der Waals surface area contributed by atoms with Gasteiger partial charge >= 0.3 is 0 Å².